The van der Waals surface area contributed by atoms with Crippen molar-refractivity contribution in [2.75, 3.05) is 4.90 Å². The summed E-state index contributed by atoms with van der Waals surface area (Å²) in [6, 6.07) is 15.9. The molecule has 0 bridgehead atoms. The second kappa shape index (κ2) is 8.75. The highest BCUT2D eigenvalue weighted by atomic mass is 15.2. The fourth-order valence-electron chi connectivity index (χ4n) is 5.41. The molecule has 0 aliphatic heterocycles. The molecule has 1 fully saturated rings. The zero-order chi connectivity index (χ0) is 22.0. The number of fused-ring (bicyclic) bond motifs is 2. The van der Waals surface area contributed by atoms with Crippen molar-refractivity contribution in [3.63, 3.8) is 0 Å². The van der Waals surface area contributed by atoms with Crippen LogP contribution in [-0.4, -0.2) is 6.04 Å². The van der Waals surface area contributed by atoms with Crippen LogP contribution in [0.5, 0.6) is 0 Å². The number of nitrogens with zero attached hydrogens (tertiary/aromatic N) is 1. The lowest BCUT2D eigenvalue weighted by atomic mass is 9.99. The van der Waals surface area contributed by atoms with Crippen molar-refractivity contribution in [1.29, 1.82) is 0 Å². The molecule has 0 saturated heterocycles. The number of anilines is 1. The third-order valence-electron chi connectivity index (χ3n) is 7.07. The molecule has 0 N–H and O–H groups in total. The highest BCUT2D eigenvalue weighted by molar-refractivity contribution is 5.95. The normalized spacial score (nSPS) is 25.1. The highest BCUT2D eigenvalue weighted by Crippen LogP contribution is 2.52. The van der Waals surface area contributed by atoms with Crippen molar-refractivity contribution in [3.8, 4) is 0 Å². The second-order valence-electron chi connectivity index (χ2n) is 9.25. The number of allylic oxidation sites excluding steroid dienone is 13. The Morgan fingerprint density at radius 1 is 0.758 bits per heavy atom. The topological polar surface area (TPSA) is 3.24 Å². The van der Waals surface area contributed by atoms with Crippen LogP contribution in [0.1, 0.15) is 19.3 Å². The first-order valence-electron chi connectivity index (χ1n) is 12.1. The molecule has 3 atom stereocenters. The van der Waals surface area contributed by atoms with Gasteiger partial charge in [-0.25, -0.2) is 0 Å². The van der Waals surface area contributed by atoms with Gasteiger partial charge in [0.05, 0.1) is 0 Å². The van der Waals surface area contributed by atoms with Crippen LogP contribution in [0.2, 0.25) is 0 Å². The molecule has 4 aliphatic rings. The molecule has 0 aromatic heterocycles. The van der Waals surface area contributed by atoms with Crippen LogP contribution >= 0.6 is 0 Å². The second-order valence-corrected chi connectivity index (χ2v) is 9.25. The van der Waals surface area contributed by atoms with E-state index in [0.29, 0.717) is 17.9 Å². The lowest BCUT2D eigenvalue weighted by Gasteiger charge is -2.28. The van der Waals surface area contributed by atoms with E-state index in [0.717, 1.165) is 19.3 Å². The molecule has 1 saturated carbocycles. The van der Waals surface area contributed by atoms with Crippen molar-refractivity contribution in [3.05, 3.63) is 138 Å². The Morgan fingerprint density at radius 3 is 2.67 bits per heavy atom. The number of hydrogen-bond donors (Lipinski definition) is 0. The Kier molecular flexibility index (Phi) is 5.32. The first-order valence-corrected chi connectivity index (χ1v) is 12.1. The van der Waals surface area contributed by atoms with E-state index >= 15 is 0 Å². The fraction of sp³-hybridized carbons (Fsp3) is 0.188. The molecule has 0 radical (unpaired) electrons. The van der Waals surface area contributed by atoms with Crippen molar-refractivity contribution < 1.29 is 0 Å². The minimum atomic E-state index is 0.456. The van der Waals surface area contributed by atoms with Crippen LogP contribution in [0.3, 0.4) is 0 Å². The number of rotatable bonds is 5. The predicted molar refractivity (Wildman–Crippen MR) is 141 cm³/mol. The molecular weight excluding hydrogens is 398 g/mol. The van der Waals surface area contributed by atoms with E-state index in [1.165, 1.54) is 33.3 Å². The van der Waals surface area contributed by atoms with E-state index < -0.39 is 0 Å². The molecule has 0 heterocycles. The highest BCUT2D eigenvalue weighted by Gasteiger charge is 2.52. The smallest absolute Gasteiger partial charge is 0.0493 e. The molecule has 0 amide bonds. The first-order chi connectivity index (χ1) is 16.4. The van der Waals surface area contributed by atoms with Crippen molar-refractivity contribution >= 4 is 16.5 Å². The summed E-state index contributed by atoms with van der Waals surface area (Å²) in [5, 5.41) is 2.62. The molecular formula is C32H29N. The maximum Gasteiger partial charge on any atom is 0.0493 e. The lowest BCUT2D eigenvalue weighted by Crippen LogP contribution is -2.26. The first kappa shape index (κ1) is 20.1. The fourth-order valence-corrected chi connectivity index (χ4v) is 5.41. The lowest BCUT2D eigenvalue weighted by molar-refractivity contribution is 0.869. The van der Waals surface area contributed by atoms with Gasteiger partial charge in [0.25, 0.3) is 0 Å². The van der Waals surface area contributed by atoms with Gasteiger partial charge < -0.3 is 4.90 Å². The molecule has 0 spiro atoms. The summed E-state index contributed by atoms with van der Waals surface area (Å²) in [7, 11) is 0. The standard InChI is InChI=1S/C32H29N/c1-2-6-13-24(12-5-1)22-25-20-21-29-30(23-25)32(29)33(27-16-7-3-4-8-17-27)31-19-11-15-26-14-9-10-18-28(26)31/h1,3-7,9-21,23,29-30,32H,2,8,22H2. The van der Waals surface area contributed by atoms with Crippen LogP contribution in [0, 0.1) is 11.8 Å². The molecule has 4 aliphatic carbocycles. The van der Waals surface area contributed by atoms with Gasteiger partial charge in [0.15, 0.2) is 0 Å². The summed E-state index contributed by atoms with van der Waals surface area (Å²) >= 11 is 0. The van der Waals surface area contributed by atoms with E-state index in [2.05, 4.69) is 126 Å². The largest absolute Gasteiger partial charge is 0.337 e. The zero-order valence-electron chi connectivity index (χ0n) is 18.8. The third kappa shape index (κ3) is 4.00. The summed E-state index contributed by atoms with van der Waals surface area (Å²) in [4.78, 5) is 2.61. The molecule has 2 aromatic rings. The SMILES string of the molecule is C1=CCC=CC(CC2=CC3C(C=C2)C3N(C2=CCC=CC=C2)c2cccc3ccccc23)=C1. The van der Waals surface area contributed by atoms with Gasteiger partial charge in [0, 0.05) is 34.6 Å². The molecule has 6 rings (SSSR count). The summed E-state index contributed by atoms with van der Waals surface area (Å²) < 4.78 is 0. The van der Waals surface area contributed by atoms with Crippen LogP contribution in [0.4, 0.5) is 5.69 Å². The zero-order valence-corrected chi connectivity index (χ0v) is 18.8. The quantitative estimate of drug-likeness (QED) is 0.467. The summed E-state index contributed by atoms with van der Waals surface area (Å²) in [6.45, 7) is 0. The van der Waals surface area contributed by atoms with Gasteiger partial charge in [-0.3, -0.25) is 0 Å². The van der Waals surface area contributed by atoms with Gasteiger partial charge in [-0.2, -0.15) is 0 Å². The van der Waals surface area contributed by atoms with E-state index in [1.54, 1.807) is 0 Å². The van der Waals surface area contributed by atoms with E-state index in [-0.39, 0.29) is 0 Å². The molecule has 2 aromatic carbocycles. The Hall–Kier alpha value is -3.58. The Balaban J connectivity index is 1.36. The Morgan fingerprint density at radius 2 is 1.67 bits per heavy atom. The average molecular weight is 428 g/mol. The predicted octanol–water partition coefficient (Wildman–Crippen LogP) is 7.99. The average Bonchev–Trinajstić information content (AvgIpc) is 3.64. The van der Waals surface area contributed by atoms with E-state index in [1.807, 2.05) is 0 Å². The van der Waals surface area contributed by atoms with Crippen molar-refractivity contribution in [2.24, 2.45) is 11.8 Å². The molecule has 33 heavy (non-hydrogen) atoms. The molecule has 3 unspecified atom stereocenters. The maximum atomic E-state index is 2.61. The van der Waals surface area contributed by atoms with Crippen LogP contribution < -0.4 is 4.90 Å². The van der Waals surface area contributed by atoms with Gasteiger partial charge in [-0.05, 0) is 47.9 Å². The maximum absolute atomic E-state index is 2.61. The van der Waals surface area contributed by atoms with Gasteiger partial charge in [0.2, 0.25) is 0 Å². The number of benzene rings is 2. The van der Waals surface area contributed by atoms with Gasteiger partial charge in [-0.1, -0.05) is 109 Å². The van der Waals surface area contributed by atoms with Gasteiger partial charge in [-0.15, -0.1) is 0 Å². The van der Waals surface area contributed by atoms with Gasteiger partial charge >= 0.3 is 0 Å². The number of hydrogen-bond acceptors (Lipinski definition) is 1. The molecule has 1 heteroatoms. The van der Waals surface area contributed by atoms with Crippen LogP contribution in [0.15, 0.2) is 138 Å². The summed E-state index contributed by atoms with van der Waals surface area (Å²) in [5.74, 6) is 1.12. The molecule has 162 valence electrons. The summed E-state index contributed by atoms with van der Waals surface area (Å²) in [5.41, 5.74) is 5.45. The minimum absolute atomic E-state index is 0.456. The summed E-state index contributed by atoms with van der Waals surface area (Å²) in [6.07, 6.45) is 32.8. The Labute approximate surface area is 196 Å². The van der Waals surface area contributed by atoms with Gasteiger partial charge in [0.1, 0.15) is 0 Å². The van der Waals surface area contributed by atoms with Crippen molar-refractivity contribution in [2.45, 2.75) is 25.3 Å². The monoisotopic (exact) mass is 427 g/mol. The van der Waals surface area contributed by atoms with Crippen LogP contribution in [-0.2, 0) is 0 Å². The van der Waals surface area contributed by atoms with Crippen LogP contribution in [0.25, 0.3) is 10.8 Å². The third-order valence-corrected chi connectivity index (χ3v) is 7.07. The minimum Gasteiger partial charge on any atom is -0.337 e. The molecule has 1 nitrogen and oxygen atoms in total. The van der Waals surface area contributed by atoms with E-state index in [9.17, 15) is 0 Å². The Bertz CT molecular complexity index is 1300. The van der Waals surface area contributed by atoms with Crippen molar-refractivity contribution in [1.82, 2.24) is 0 Å². The van der Waals surface area contributed by atoms with E-state index in [4.69, 9.17) is 0 Å².